The van der Waals surface area contributed by atoms with E-state index in [2.05, 4.69) is 5.32 Å². The maximum Gasteiger partial charge on any atom is 0.279 e. The summed E-state index contributed by atoms with van der Waals surface area (Å²) in [7, 11) is 0. The van der Waals surface area contributed by atoms with Crippen LogP contribution in [0.15, 0.2) is 54.6 Å². The van der Waals surface area contributed by atoms with Crippen LogP contribution in [0.5, 0.6) is 0 Å². The van der Waals surface area contributed by atoms with Gasteiger partial charge in [0.1, 0.15) is 12.4 Å². The molecule has 2 aromatic rings. The first-order valence-corrected chi connectivity index (χ1v) is 7.65. The number of nitrogens with one attached hydrogen (secondary N) is 2. The van der Waals surface area contributed by atoms with Gasteiger partial charge in [0.15, 0.2) is 6.54 Å². The van der Waals surface area contributed by atoms with Crippen molar-refractivity contribution in [1.82, 2.24) is 0 Å². The average Bonchev–Trinajstić information content (AvgIpc) is 3.34. The second-order valence-electron chi connectivity index (χ2n) is 5.79. The summed E-state index contributed by atoms with van der Waals surface area (Å²) in [6.45, 7) is 0.924. The van der Waals surface area contributed by atoms with Crippen molar-refractivity contribution in [3.8, 4) is 0 Å². The number of amides is 1. The fourth-order valence-electron chi connectivity index (χ4n) is 2.66. The van der Waals surface area contributed by atoms with E-state index < -0.39 is 0 Å². The Morgan fingerprint density at radius 3 is 2.45 bits per heavy atom. The topological polar surface area (TPSA) is 33.5 Å². The van der Waals surface area contributed by atoms with Crippen molar-refractivity contribution >= 4 is 11.6 Å². The van der Waals surface area contributed by atoms with Crippen LogP contribution in [-0.2, 0) is 11.3 Å². The van der Waals surface area contributed by atoms with Gasteiger partial charge in [-0.25, -0.2) is 4.39 Å². The minimum Gasteiger partial charge on any atom is -0.321 e. The molecule has 4 heteroatoms. The zero-order valence-corrected chi connectivity index (χ0v) is 12.4. The second kappa shape index (κ2) is 6.71. The molecule has 0 spiro atoms. The van der Waals surface area contributed by atoms with Crippen LogP contribution in [-0.4, -0.2) is 18.5 Å². The first-order chi connectivity index (χ1) is 10.7. The third-order valence-corrected chi connectivity index (χ3v) is 3.98. The van der Waals surface area contributed by atoms with Crippen LogP contribution in [0.2, 0.25) is 0 Å². The van der Waals surface area contributed by atoms with Crippen LogP contribution in [0.4, 0.5) is 10.1 Å². The molecular weight excluding hydrogens is 279 g/mol. The van der Waals surface area contributed by atoms with E-state index in [-0.39, 0.29) is 11.7 Å². The largest absolute Gasteiger partial charge is 0.321 e. The summed E-state index contributed by atoms with van der Waals surface area (Å²) in [5.74, 6) is -0.214. The van der Waals surface area contributed by atoms with Crippen LogP contribution < -0.4 is 10.2 Å². The van der Waals surface area contributed by atoms with Gasteiger partial charge in [-0.1, -0.05) is 36.4 Å². The molecule has 1 amide bonds. The Morgan fingerprint density at radius 1 is 1.09 bits per heavy atom. The number of carbonyl (C=O) groups excluding carboxylic acids is 1. The Hall–Kier alpha value is -2.20. The van der Waals surface area contributed by atoms with Crippen LogP contribution in [0.1, 0.15) is 18.4 Å². The monoisotopic (exact) mass is 299 g/mol. The molecule has 1 saturated carbocycles. The zero-order chi connectivity index (χ0) is 15.4. The SMILES string of the molecule is O=C(C[NH+](Cc1ccccc1F)C1CC1)Nc1ccccc1. The third kappa shape index (κ3) is 3.92. The van der Waals surface area contributed by atoms with E-state index in [9.17, 15) is 9.18 Å². The van der Waals surface area contributed by atoms with Gasteiger partial charge in [-0.15, -0.1) is 0 Å². The van der Waals surface area contributed by atoms with Gasteiger partial charge in [-0.2, -0.15) is 0 Å². The molecule has 0 saturated heterocycles. The van der Waals surface area contributed by atoms with Crippen molar-refractivity contribution < 1.29 is 14.1 Å². The van der Waals surface area contributed by atoms with Crippen LogP contribution >= 0.6 is 0 Å². The summed E-state index contributed by atoms with van der Waals surface area (Å²) in [4.78, 5) is 13.3. The van der Waals surface area contributed by atoms with Gasteiger partial charge in [0.05, 0.1) is 6.04 Å². The molecule has 2 aromatic carbocycles. The molecular formula is C18H20FN2O+. The minimum atomic E-state index is -0.191. The summed E-state index contributed by atoms with van der Waals surface area (Å²) in [5.41, 5.74) is 1.48. The van der Waals surface area contributed by atoms with Crippen molar-refractivity contribution in [3.63, 3.8) is 0 Å². The highest BCUT2D eigenvalue weighted by Gasteiger charge is 2.35. The van der Waals surface area contributed by atoms with Crippen molar-refractivity contribution in [2.24, 2.45) is 0 Å². The van der Waals surface area contributed by atoms with Crippen LogP contribution in [0, 0.1) is 5.82 Å². The Kier molecular flexibility index (Phi) is 4.49. The van der Waals surface area contributed by atoms with Crippen molar-refractivity contribution in [1.29, 1.82) is 0 Å². The van der Waals surface area contributed by atoms with Gasteiger partial charge in [0.25, 0.3) is 5.91 Å². The highest BCUT2D eigenvalue weighted by molar-refractivity contribution is 5.91. The predicted octanol–water partition coefficient (Wildman–Crippen LogP) is 2.01. The minimum absolute atomic E-state index is 0.0237. The predicted molar refractivity (Wildman–Crippen MR) is 84.0 cm³/mol. The summed E-state index contributed by atoms with van der Waals surface area (Å²) in [6, 6.07) is 16.7. The van der Waals surface area contributed by atoms with Crippen molar-refractivity contribution in [3.05, 3.63) is 66.0 Å². The van der Waals surface area contributed by atoms with Gasteiger partial charge < -0.3 is 10.2 Å². The molecule has 114 valence electrons. The Morgan fingerprint density at radius 2 is 1.77 bits per heavy atom. The number of hydrogen-bond donors (Lipinski definition) is 2. The molecule has 3 rings (SSSR count). The maximum atomic E-state index is 13.8. The number of halogens is 1. The quantitative estimate of drug-likeness (QED) is 0.840. The van der Waals surface area contributed by atoms with Gasteiger partial charge in [0.2, 0.25) is 0 Å². The lowest BCUT2D eigenvalue weighted by atomic mass is 10.2. The molecule has 0 aromatic heterocycles. The number of quaternary nitrogens is 1. The highest BCUT2D eigenvalue weighted by Crippen LogP contribution is 2.16. The summed E-state index contributed by atoms with van der Waals surface area (Å²) in [5, 5.41) is 2.90. The van der Waals surface area contributed by atoms with E-state index in [1.807, 2.05) is 36.4 Å². The molecule has 22 heavy (non-hydrogen) atoms. The average molecular weight is 299 g/mol. The fraction of sp³-hybridized carbons (Fsp3) is 0.278. The van der Waals surface area contributed by atoms with Gasteiger partial charge in [-0.3, -0.25) is 4.79 Å². The lowest BCUT2D eigenvalue weighted by molar-refractivity contribution is -0.917. The molecule has 3 nitrogen and oxygen atoms in total. The molecule has 0 heterocycles. The Balaban J connectivity index is 1.62. The highest BCUT2D eigenvalue weighted by atomic mass is 19.1. The van der Waals surface area contributed by atoms with E-state index >= 15 is 0 Å². The molecule has 0 radical (unpaired) electrons. The Bertz CT molecular complexity index is 641. The third-order valence-electron chi connectivity index (χ3n) is 3.98. The number of rotatable bonds is 6. The van der Waals surface area contributed by atoms with Crippen molar-refractivity contribution in [2.75, 3.05) is 11.9 Å². The Labute approximate surface area is 129 Å². The molecule has 1 aliphatic rings. The smallest absolute Gasteiger partial charge is 0.279 e. The van der Waals surface area contributed by atoms with Crippen LogP contribution in [0.25, 0.3) is 0 Å². The molecule has 1 fully saturated rings. The first kappa shape index (κ1) is 14.7. The normalized spacial score (nSPS) is 15.3. The van der Waals surface area contributed by atoms with E-state index in [1.54, 1.807) is 12.1 Å². The number of para-hydroxylation sites is 1. The van der Waals surface area contributed by atoms with E-state index in [0.717, 1.165) is 23.4 Å². The van der Waals surface area contributed by atoms with E-state index in [1.165, 1.54) is 6.07 Å². The maximum absolute atomic E-state index is 13.8. The first-order valence-electron chi connectivity index (χ1n) is 7.65. The van der Waals surface area contributed by atoms with E-state index in [4.69, 9.17) is 0 Å². The van der Waals surface area contributed by atoms with Gasteiger partial charge in [-0.05, 0) is 18.2 Å². The zero-order valence-electron chi connectivity index (χ0n) is 12.4. The van der Waals surface area contributed by atoms with E-state index in [0.29, 0.717) is 24.7 Å². The molecule has 1 unspecified atom stereocenters. The number of anilines is 1. The number of carbonyl (C=O) groups is 1. The second-order valence-corrected chi connectivity index (χ2v) is 5.79. The lowest BCUT2D eigenvalue weighted by Crippen LogP contribution is -3.13. The summed E-state index contributed by atoms with van der Waals surface area (Å²) in [6.07, 6.45) is 2.23. The molecule has 0 bridgehead atoms. The molecule has 1 aliphatic carbocycles. The summed E-state index contributed by atoms with van der Waals surface area (Å²) >= 11 is 0. The molecule has 0 aliphatic heterocycles. The van der Waals surface area contributed by atoms with Gasteiger partial charge >= 0.3 is 0 Å². The lowest BCUT2D eigenvalue weighted by Gasteiger charge is -2.19. The number of hydrogen-bond acceptors (Lipinski definition) is 1. The van der Waals surface area contributed by atoms with Gasteiger partial charge in [0, 0.05) is 24.1 Å². The molecule has 1 atom stereocenters. The standard InChI is InChI=1S/C18H19FN2O/c19-17-9-5-4-6-14(17)12-21(16-10-11-16)13-18(22)20-15-7-2-1-3-8-15/h1-9,16H,10-13H2,(H,20,22)/p+1. The number of benzene rings is 2. The summed E-state index contributed by atoms with van der Waals surface area (Å²) < 4.78 is 13.8. The van der Waals surface area contributed by atoms with Crippen molar-refractivity contribution in [2.45, 2.75) is 25.4 Å². The fourth-order valence-corrected chi connectivity index (χ4v) is 2.66. The van der Waals surface area contributed by atoms with Crippen LogP contribution in [0.3, 0.4) is 0 Å². The molecule has 2 N–H and O–H groups in total.